The number of hydrogen-bond donors (Lipinski definition) is 1. The lowest BCUT2D eigenvalue weighted by Crippen LogP contribution is -2.53. The lowest BCUT2D eigenvalue weighted by Gasteiger charge is -2.37. The Labute approximate surface area is 79.9 Å². The Balaban J connectivity index is 2.41. The Bertz CT molecular complexity index is 184. The van der Waals surface area contributed by atoms with Crippen molar-refractivity contribution in [3.05, 3.63) is 0 Å². The average molecular weight is 185 g/mol. The second-order valence-electron chi connectivity index (χ2n) is 3.74. The Hall–Kier alpha value is -0.610. The molecule has 4 nitrogen and oxygen atoms in total. The van der Waals surface area contributed by atoms with Gasteiger partial charge in [0.1, 0.15) is 0 Å². The number of nitrogens with zero attached hydrogens (tertiary/aromatic N) is 2. The molecular formula is C9H19N3O. The van der Waals surface area contributed by atoms with E-state index in [-0.39, 0.29) is 5.91 Å². The van der Waals surface area contributed by atoms with Gasteiger partial charge in [-0.15, -0.1) is 0 Å². The van der Waals surface area contributed by atoms with Crippen LogP contribution in [0.4, 0.5) is 0 Å². The minimum Gasteiger partial charge on any atom is -0.343 e. The molecule has 0 saturated carbocycles. The molecular weight excluding hydrogens is 166 g/mol. The van der Waals surface area contributed by atoms with Crippen molar-refractivity contribution in [1.29, 1.82) is 0 Å². The predicted octanol–water partition coefficient (Wildman–Crippen LogP) is -0.632. The van der Waals surface area contributed by atoms with Crippen LogP contribution < -0.4 is 5.32 Å². The molecule has 1 heterocycles. The number of hydrogen-bond acceptors (Lipinski definition) is 3. The minimum atomic E-state index is 0.225. The molecule has 1 aliphatic rings. The molecule has 1 amide bonds. The number of nitrogens with one attached hydrogen (secondary N) is 1. The van der Waals surface area contributed by atoms with Gasteiger partial charge < -0.3 is 10.2 Å². The summed E-state index contributed by atoms with van der Waals surface area (Å²) in [7, 11) is 5.85. The third-order valence-corrected chi connectivity index (χ3v) is 2.65. The van der Waals surface area contributed by atoms with E-state index >= 15 is 0 Å². The molecule has 1 atom stereocenters. The first-order valence-corrected chi connectivity index (χ1v) is 4.74. The van der Waals surface area contributed by atoms with Crippen molar-refractivity contribution in [3.8, 4) is 0 Å². The van der Waals surface area contributed by atoms with Gasteiger partial charge in [0.05, 0.1) is 6.54 Å². The van der Waals surface area contributed by atoms with E-state index in [9.17, 15) is 4.79 Å². The molecule has 0 bridgehead atoms. The quantitative estimate of drug-likeness (QED) is 0.636. The second kappa shape index (κ2) is 4.58. The highest BCUT2D eigenvalue weighted by Gasteiger charge is 2.26. The molecule has 1 saturated heterocycles. The van der Waals surface area contributed by atoms with E-state index in [1.54, 1.807) is 0 Å². The molecule has 1 unspecified atom stereocenters. The standard InChI is InChI=1S/C9H19N3O/c1-10-5-4-8-6-12(3)9(13)7-11(8)2/h8,10H,4-7H2,1-3H3. The van der Waals surface area contributed by atoms with Crippen molar-refractivity contribution >= 4 is 5.91 Å². The summed E-state index contributed by atoms with van der Waals surface area (Å²) in [6.07, 6.45) is 1.10. The summed E-state index contributed by atoms with van der Waals surface area (Å²) >= 11 is 0. The van der Waals surface area contributed by atoms with Crippen LogP contribution in [0.5, 0.6) is 0 Å². The van der Waals surface area contributed by atoms with Gasteiger partial charge in [0.25, 0.3) is 0 Å². The van der Waals surface area contributed by atoms with E-state index in [0.29, 0.717) is 12.6 Å². The first kappa shape index (κ1) is 10.5. The van der Waals surface area contributed by atoms with Crippen molar-refractivity contribution < 1.29 is 4.79 Å². The normalized spacial score (nSPS) is 25.3. The van der Waals surface area contributed by atoms with Crippen LogP contribution in [0.1, 0.15) is 6.42 Å². The van der Waals surface area contributed by atoms with Gasteiger partial charge >= 0.3 is 0 Å². The van der Waals surface area contributed by atoms with Crippen LogP contribution in [0, 0.1) is 0 Å². The van der Waals surface area contributed by atoms with Crippen LogP contribution in [0.3, 0.4) is 0 Å². The van der Waals surface area contributed by atoms with Crippen LogP contribution in [-0.4, -0.2) is 62.5 Å². The maximum Gasteiger partial charge on any atom is 0.236 e. The molecule has 0 aromatic rings. The average Bonchev–Trinajstić information content (AvgIpc) is 2.09. The van der Waals surface area contributed by atoms with E-state index in [1.807, 2.05) is 26.0 Å². The molecule has 0 spiro atoms. The number of likely N-dealkylation sites (N-methyl/N-ethyl adjacent to an activating group) is 2. The highest BCUT2D eigenvalue weighted by molar-refractivity contribution is 5.78. The Morgan fingerprint density at radius 2 is 2.23 bits per heavy atom. The molecule has 0 aromatic carbocycles. The minimum absolute atomic E-state index is 0.225. The fourth-order valence-corrected chi connectivity index (χ4v) is 1.64. The largest absolute Gasteiger partial charge is 0.343 e. The topological polar surface area (TPSA) is 35.6 Å². The Kier molecular flexibility index (Phi) is 3.69. The molecule has 4 heteroatoms. The molecule has 76 valence electrons. The summed E-state index contributed by atoms with van der Waals surface area (Å²) in [5.41, 5.74) is 0. The summed E-state index contributed by atoms with van der Waals surface area (Å²) in [6, 6.07) is 0.509. The van der Waals surface area contributed by atoms with Crippen molar-refractivity contribution in [3.63, 3.8) is 0 Å². The van der Waals surface area contributed by atoms with Gasteiger partial charge in [-0.2, -0.15) is 0 Å². The lowest BCUT2D eigenvalue weighted by molar-refractivity contribution is -0.136. The first-order chi connectivity index (χ1) is 6.15. The zero-order valence-corrected chi connectivity index (χ0v) is 8.71. The highest BCUT2D eigenvalue weighted by atomic mass is 16.2. The summed E-state index contributed by atoms with van der Waals surface area (Å²) in [6.45, 7) is 2.43. The van der Waals surface area contributed by atoms with Crippen LogP contribution in [0.15, 0.2) is 0 Å². The first-order valence-electron chi connectivity index (χ1n) is 4.74. The maximum atomic E-state index is 11.3. The number of piperazine rings is 1. The SMILES string of the molecule is CNCCC1CN(C)C(=O)CN1C. The van der Waals surface area contributed by atoms with Gasteiger partial charge in [0, 0.05) is 19.6 Å². The summed E-state index contributed by atoms with van der Waals surface area (Å²) in [4.78, 5) is 15.3. The smallest absolute Gasteiger partial charge is 0.236 e. The van der Waals surface area contributed by atoms with Crippen molar-refractivity contribution in [2.75, 3.05) is 40.8 Å². The Morgan fingerprint density at radius 1 is 1.54 bits per heavy atom. The molecule has 0 aliphatic carbocycles. The molecule has 0 aromatic heterocycles. The van der Waals surface area contributed by atoms with Gasteiger partial charge in [-0.3, -0.25) is 9.69 Å². The van der Waals surface area contributed by atoms with E-state index in [0.717, 1.165) is 19.5 Å². The van der Waals surface area contributed by atoms with Crippen LogP contribution in [0.25, 0.3) is 0 Å². The molecule has 13 heavy (non-hydrogen) atoms. The van der Waals surface area contributed by atoms with E-state index in [2.05, 4.69) is 10.2 Å². The predicted molar refractivity (Wildman–Crippen MR) is 52.6 cm³/mol. The van der Waals surface area contributed by atoms with Gasteiger partial charge in [-0.05, 0) is 27.1 Å². The molecule has 1 fully saturated rings. The number of carbonyl (C=O) groups excluding carboxylic acids is 1. The summed E-state index contributed by atoms with van der Waals surface area (Å²) in [5.74, 6) is 0.225. The molecule has 0 radical (unpaired) electrons. The fourth-order valence-electron chi connectivity index (χ4n) is 1.64. The molecule has 1 aliphatic heterocycles. The third-order valence-electron chi connectivity index (χ3n) is 2.65. The van der Waals surface area contributed by atoms with Crippen LogP contribution in [0.2, 0.25) is 0 Å². The van der Waals surface area contributed by atoms with E-state index in [1.165, 1.54) is 0 Å². The number of rotatable bonds is 3. The summed E-state index contributed by atoms with van der Waals surface area (Å²) in [5, 5.41) is 3.13. The van der Waals surface area contributed by atoms with Gasteiger partial charge in [0.2, 0.25) is 5.91 Å². The van der Waals surface area contributed by atoms with E-state index < -0.39 is 0 Å². The number of carbonyl (C=O) groups is 1. The van der Waals surface area contributed by atoms with Crippen molar-refractivity contribution in [1.82, 2.24) is 15.1 Å². The second-order valence-corrected chi connectivity index (χ2v) is 3.74. The van der Waals surface area contributed by atoms with Crippen LogP contribution in [-0.2, 0) is 4.79 Å². The zero-order valence-electron chi connectivity index (χ0n) is 8.71. The summed E-state index contributed by atoms with van der Waals surface area (Å²) < 4.78 is 0. The van der Waals surface area contributed by atoms with Gasteiger partial charge in [0.15, 0.2) is 0 Å². The monoisotopic (exact) mass is 185 g/mol. The fraction of sp³-hybridized carbons (Fsp3) is 0.889. The highest BCUT2D eigenvalue weighted by Crippen LogP contribution is 2.09. The third kappa shape index (κ3) is 2.67. The Morgan fingerprint density at radius 3 is 2.85 bits per heavy atom. The van der Waals surface area contributed by atoms with Gasteiger partial charge in [-0.25, -0.2) is 0 Å². The van der Waals surface area contributed by atoms with Crippen molar-refractivity contribution in [2.45, 2.75) is 12.5 Å². The lowest BCUT2D eigenvalue weighted by atomic mass is 10.1. The van der Waals surface area contributed by atoms with Gasteiger partial charge in [-0.1, -0.05) is 0 Å². The van der Waals surface area contributed by atoms with E-state index in [4.69, 9.17) is 0 Å². The molecule has 1 N–H and O–H groups in total. The van der Waals surface area contributed by atoms with Crippen LogP contribution >= 0.6 is 0 Å². The zero-order chi connectivity index (χ0) is 9.84. The maximum absolute atomic E-state index is 11.3. The van der Waals surface area contributed by atoms with Crippen molar-refractivity contribution in [2.24, 2.45) is 0 Å². The number of amides is 1. The molecule has 1 rings (SSSR count).